The van der Waals surface area contributed by atoms with Crippen molar-refractivity contribution in [3.8, 4) is 0 Å². The van der Waals surface area contributed by atoms with Crippen molar-refractivity contribution < 1.29 is 0 Å². The van der Waals surface area contributed by atoms with E-state index in [0.717, 1.165) is 33.3 Å². The van der Waals surface area contributed by atoms with Crippen molar-refractivity contribution in [1.29, 1.82) is 0 Å². The Labute approximate surface area is 133 Å². The molecule has 0 heterocycles. The third-order valence-electron chi connectivity index (χ3n) is 3.54. The van der Waals surface area contributed by atoms with E-state index >= 15 is 0 Å². The summed E-state index contributed by atoms with van der Waals surface area (Å²) in [5.74, 6) is 0. The zero-order valence-electron chi connectivity index (χ0n) is 12.5. The molecule has 2 aromatic carbocycles. The smallest absolute Gasteiger partial charge is 0.142 e. The molecule has 8 heteroatoms. The van der Waals surface area contributed by atoms with Crippen molar-refractivity contribution in [3.63, 3.8) is 0 Å². The second-order valence-corrected chi connectivity index (χ2v) is 5.35. The lowest BCUT2D eigenvalue weighted by Gasteiger charge is -2.07. The number of nitrogens with two attached hydrogens (primary N) is 4. The van der Waals surface area contributed by atoms with Gasteiger partial charge in [-0.3, -0.25) is 33.8 Å². The van der Waals surface area contributed by atoms with Crippen LogP contribution in [0.4, 0.5) is 0 Å². The van der Waals surface area contributed by atoms with Gasteiger partial charge in [-0.2, -0.15) is 10.2 Å². The Morgan fingerprint density at radius 3 is 1.61 bits per heavy atom. The average molecular weight is 312 g/mol. The minimum absolute atomic E-state index is 0.533. The van der Waals surface area contributed by atoms with Crippen LogP contribution in [0.15, 0.2) is 46.6 Å². The predicted molar refractivity (Wildman–Crippen MR) is 92.2 cm³/mol. The summed E-state index contributed by atoms with van der Waals surface area (Å²) in [4.78, 5) is 0. The first-order valence-corrected chi connectivity index (χ1v) is 7.24. The van der Waals surface area contributed by atoms with Crippen LogP contribution in [0.25, 0.3) is 10.8 Å². The highest BCUT2D eigenvalue weighted by Crippen LogP contribution is 2.28. The largest absolute Gasteiger partial charge is 0.298 e. The number of fused-ring (bicyclic) bond motifs is 2. The number of nitrogens with one attached hydrogen (secondary N) is 2. The highest BCUT2D eigenvalue weighted by molar-refractivity contribution is 6.29. The SMILES string of the molecule is NC(N)N/N=C1/C/C(=N\NC(N)N)c2cc3ccccc3cc21. The van der Waals surface area contributed by atoms with E-state index in [2.05, 4.69) is 45.3 Å². The highest BCUT2D eigenvalue weighted by atomic mass is 15.4. The topological polar surface area (TPSA) is 153 Å². The first-order chi connectivity index (χ1) is 11.0. The number of rotatable bonds is 4. The van der Waals surface area contributed by atoms with Crippen LogP contribution < -0.4 is 33.8 Å². The van der Waals surface area contributed by atoms with Crippen molar-refractivity contribution in [2.45, 2.75) is 19.0 Å². The number of hydrogen-bond donors (Lipinski definition) is 6. The molecule has 0 unspecified atom stereocenters. The normalized spacial score (nSPS) is 17.5. The quantitative estimate of drug-likeness (QED) is 0.322. The fourth-order valence-electron chi connectivity index (χ4n) is 2.57. The monoisotopic (exact) mass is 312 g/mol. The van der Waals surface area contributed by atoms with Crippen LogP contribution in [-0.4, -0.2) is 24.0 Å². The molecule has 0 bridgehead atoms. The van der Waals surface area contributed by atoms with Gasteiger partial charge in [0.2, 0.25) is 0 Å². The maximum absolute atomic E-state index is 5.50. The lowest BCUT2D eigenvalue weighted by atomic mass is 10.0. The molecule has 0 radical (unpaired) electrons. The molecule has 8 nitrogen and oxygen atoms in total. The van der Waals surface area contributed by atoms with Crippen molar-refractivity contribution in [1.82, 2.24) is 10.9 Å². The van der Waals surface area contributed by atoms with E-state index in [1.165, 1.54) is 0 Å². The van der Waals surface area contributed by atoms with E-state index in [9.17, 15) is 0 Å². The molecule has 0 amide bonds. The standard InChI is InChI=1S/C15H20N8/c16-14(17)22-20-12-7-13(21-23-15(18)19)11-6-9-4-2-1-3-8(9)5-10(11)12/h1-6,14-15,22-23H,7,16-19H2/b20-12-,21-13+. The minimum atomic E-state index is -0.719. The summed E-state index contributed by atoms with van der Waals surface area (Å²) in [6.07, 6.45) is -0.906. The Morgan fingerprint density at radius 1 is 0.783 bits per heavy atom. The maximum Gasteiger partial charge on any atom is 0.142 e. The molecular formula is C15H20N8. The summed E-state index contributed by atoms with van der Waals surface area (Å²) in [7, 11) is 0. The van der Waals surface area contributed by atoms with Gasteiger partial charge in [0.15, 0.2) is 0 Å². The molecule has 0 aliphatic heterocycles. The van der Waals surface area contributed by atoms with E-state index < -0.39 is 12.6 Å². The van der Waals surface area contributed by atoms with E-state index in [0.29, 0.717) is 6.42 Å². The van der Waals surface area contributed by atoms with Gasteiger partial charge in [-0.15, -0.1) is 0 Å². The molecule has 10 N–H and O–H groups in total. The summed E-state index contributed by atoms with van der Waals surface area (Å²) in [5.41, 5.74) is 31.0. The average Bonchev–Trinajstić information content (AvgIpc) is 2.86. The molecule has 2 aromatic rings. The van der Waals surface area contributed by atoms with Gasteiger partial charge in [-0.1, -0.05) is 24.3 Å². The fraction of sp³-hybridized carbons (Fsp3) is 0.200. The van der Waals surface area contributed by atoms with Crippen molar-refractivity contribution in [2.24, 2.45) is 33.1 Å². The summed E-state index contributed by atoms with van der Waals surface area (Å²) in [6, 6.07) is 12.3. The summed E-state index contributed by atoms with van der Waals surface area (Å²) in [6.45, 7) is 0. The van der Waals surface area contributed by atoms with Crippen LogP contribution in [0, 0.1) is 0 Å². The number of benzene rings is 2. The third kappa shape index (κ3) is 3.30. The molecule has 0 saturated heterocycles. The number of hydrazone groups is 2. The highest BCUT2D eigenvalue weighted by Gasteiger charge is 2.25. The fourth-order valence-corrected chi connectivity index (χ4v) is 2.57. The number of nitrogens with zero attached hydrogens (tertiary/aromatic N) is 2. The zero-order valence-corrected chi connectivity index (χ0v) is 12.5. The van der Waals surface area contributed by atoms with E-state index in [1.54, 1.807) is 0 Å². The van der Waals surface area contributed by atoms with E-state index in [-0.39, 0.29) is 0 Å². The Bertz CT molecular complexity index is 714. The summed E-state index contributed by atoms with van der Waals surface area (Å²) < 4.78 is 0. The second-order valence-electron chi connectivity index (χ2n) is 5.35. The molecule has 1 aliphatic rings. The van der Waals surface area contributed by atoms with Crippen LogP contribution in [0.5, 0.6) is 0 Å². The Hall–Kier alpha value is -2.52. The molecule has 0 fully saturated rings. The van der Waals surface area contributed by atoms with Gasteiger partial charge >= 0.3 is 0 Å². The van der Waals surface area contributed by atoms with Crippen molar-refractivity contribution >= 4 is 22.2 Å². The third-order valence-corrected chi connectivity index (χ3v) is 3.54. The number of hydrogen-bond acceptors (Lipinski definition) is 8. The first kappa shape index (κ1) is 15.4. The molecule has 0 atom stereocenters. The van der Waals surface area contributed by atoms with Crippen molar-refractivity contribution in [2.75, 3.05) is 0 Å². The molecule has 23 heavy (non-hydrogen) atoms. The van der Waals surface area contributed by atoms with Gasteiger partial charge in [0.25, 0.3) is 0 Å². The Kier molecular flexibility index (Phi) is 4.22. The summed E-state index contributed by atoms with van der Waals surface area (Å²) in [5, 5.41) is 10.8. The predicted octanol–water partition coefficient (Wildman–Crippen LogP) is -0.767. The molecule has 3 rings (SSSR count). The van der Waals surface area contributed by atoms with Gasteiger partial charge in [-0.05, 0) is 22.9 Å². The minimum Gasteiger partial charge on any atom is -0.298 e. The first-order valence-electron chi connectivity index (χ1n) is 7.24. The molecule has 120 valence electrons. The Morgan fingerprint density at radius 2 is 1.22 bits per heavy atom. The lowest BCUT2D eigenvalue weighted by molar-refractivity contribution is 0.569. The lowest BCUT2D eigenvalue weighted by Crippen LogP contribution is -2.43. The van der Waals surface area contributed by atoms with Gasteiger partial charge in [-0.25, -0.2) is 0 Å². The zero-order chi connectivity index (χ0) is 16.4. The van der Waals surface area contributed by atoms with Gasteiger partial charge < -0.3 is 0 Å². The van der Waals surface area contributed by atoms with E-state index in [4.69, 9.17) is 22.9 Å². The van der Waals surface area contributed by atoms with Crippen molar-refractivity contribution in [3.05, 3.63) is 47.5 Å². The van der Waals surface area contributed by atoms with Gasteiger partial charge in [0.05, 0.1) is 11.4 Å². The molecule has 0 aromatic heterocycles. The van der Waals surface area contributed by atoms with Crippen LogP contribution in [0.3, 0.4) is 0 Å². The van der Waals surface area contributed by atoms with Crippen LogP contribution >= 0.6 is 0 Å². The maximum atomic E-state index is 5.50. The van der Waals surface area contributed by atoms with Gasteiger partial charge in [0.1, 0.15) is 12.6 Å². The second kappa shape index (κ2) is 6.31. The van der Waals surface area contributed by atoms with Crippen LogP contribution in [0.2, 0.25) is 0 Å². The molecular weight excluding hydrogens is 292 g/mol. The Balaban J connectivity index is 2.08. The van der Waals surface area contributed by atoms with Crippen LogP contribution in [0.1, 0.15) is 17.5 Å². The molecule has 0 spiro atoms. The molecule has 0 saturated carbocycles. The van der Waals surface area contributed by atoms with Crippen LogP contribution in [-0.2, 0) is 0 Å². The molecule has 1 aliphatic carbocycles. The summed E-state index contributed by atoms with van der Waals surface area (Å²) >= 11 is 0. The van der Waals surface area contributed by atoms with Gasteiger partial charge in [0, 0.05) is 17.5 Å². The van der Waals surface area contributed by atoms with E-state index in [1.807, 2.05) is 12.1 Å².